The molecule has 1 fully saturated rings. The third-order valence-corrected chi connectivity index (χ3v) is 2.48. The maximum absolute atomic E-state index is 5.63. The summed E-state index contributed by atoms with van der Waals surface area (Å²) in [6, 6.07) is 0. The van der Waals surface area contributed by atoms with Gasteiger partial charge in [-0.3, -0.25) is 4.90 Å². The van der Waals surface area contributed by atoms with Crippen LogP contribution in [0.4, 0.5) is 0 Å². The van der Waals surface area contributed by atoms with E-state index in [0.717, 1.165) is 32.1 Å². The van der Waals surface area contributed by atoms with E-state index in [1.165, 1.54) is 4.80 Å². The number of likely N-dealkylation sites (N-methyl/N-ethyl adjacent to an activating group) is 1. The van der Waals surface area contributed by atoms with Crippen molar-refractivity contribution >= 4 is 0 Å². The summed E-state index contributed by atoms with van der Waals surface area (Å²) in [6.45, 7) is 4.24. The van der Waals surface area contributed by atoms with E-state index in [1.807, 2.05) is 7.05 Å². The lowest BCUT2D eigenvalue weighted by Gasteiger charge is -2.27. The Bertz CT molecular complexity index is 322. The van der Waals surface area contributed by atoms with Crippen molar-refractivity contribution in [2.75, 3.05) is 33.3 Å². The van der Waals surface area contributed by atoms with Gasteiger partial charge in [0.1, 0.15) is 0 Å². The highest BCUT2D eigenvalue weighted by atomic mass is 16.5. The van der Waals surface area contributed by atoms with Gasteiger partial charge in [-0.25, -0.2) is 0 Å². The van der Waals surface area contributed by atoms with Crippen LogP contribution in [0.15, 0.2) is 0 Å². The first kappa shape index (κ1) is 11.4. The Hall–Kier alpha value is -1.05. The predicted molar refractivity (Wildman–Crippen MR) is 57.7 cm³/mol. The standard InChI is InChI=1S/C9H18N6O/c1-14(6-8-5-10-3-4-16-8)7-9-11-13-15(2)12-9/h8,10H,3-7H2,1-2H3. The molecule has 2 heterocycles. The van der Waals surface area contributed by atoms with Crippen molar-refractivity contribution in [2.45, 2.75) is 12.6 Å². The lowest BCUT2D eigenvalue weighted by molar-refractivity contribution is 0.00848. The molecular weight excluding hydrogens is 208 g/mol. The average molecular weight is 226 g/mol. The van der Waals surface area contributed by atoms with Crippen molar-refractivity contribution in [2.24, 2.45) is 7.05 Å². The van der Waals surface area contributed by atoms with Gasteiger partial charge in [-0.15, -0.1) is 10.2 Å². The molecule has 7 heteroatoms. The van der Waals surface area contributed by atoms with Gasteiger partial charge in [0.25, 0.3) is 0 Å². The maximum Gasteiger partial charge on any atom is 0.188 e. The fraction of sp³-hybridized carbons (Fsp3) is 0.889. The minimum Gasteiger partial charge on any atom is -0.374 e. The van der Waals surface area contributed by atoms with Gasteiger partial charge in [0.2, 0.25) is 0 Å². The zero-order chi connectivity index (χ0) is 11.4. The molecule has 1 aromatic heterocycles. The van der Waals surface area contributed by atoms with Gasteiger partial charge < -0.3 is 10.1 Å². The van der Waals surface area contributed by atoms with Gasteiger partial charge in [-0.2, -0.15) is 4.80 Å². The van der Waals surface area contributed by atoms with E-state index in [0.29, 0.717) is 6.54 Å². The summed E-state index contributed by atoms with van der Waals surface area (Å²) in [4.78, 5) is 3.62. The van der Waals surface area contributed by atoms with Crippen LogP contribution in [0.5, 0.6) is 0 Å². The van der Waals surface area contributed by atoms with Crippen LogP contribution in [0.3, 0.4) is 0 Å². The third kappa shape index (κ3) is 3.22. The van der Waals surface area contributed by atoms with Crippen LogP contribution < -0.4 is 5.32 Å². The van der Waals surface area contributed by atoms with E-state index in [-0.39, 0.29) is 6.10 Å². The average Bonchev–Trinajstić information content (AvgIpc) is 2.65. The predicted octanol–water partition coefficient (Wildman–Crippen LogP) is -1.37. The van der Waals surface area contributed by atoms with E-state index < -0.39 is 0 Å². The molecule has 16 heavy (non-hydrogen) atoms. The van der Waals surface area contributed by atoms with Crippen LogP contribution in [0.1, 0.15) is 5.82 Å². The zero-order valence-electron chi connectivity index (χ0n) is 9.76. The summed E-state index contributed by atoms with van der Waals surface area (Å²) < 4.78 is 5.63. The Morgan fingerprint density at radius 3 is 3.12 bits per heavy atom. The highest BCUT2D eigenvalue weighted by Crippen LogP contribution is 2.01. The molecule has 1 N–H and O–H groups in total. The minimum atomic E-state index is 0.260. The number of nitrogens with zero attached hydrogens (tertiary/aromatic N) is 5. The Balaban J connectivity index is 1.77. The number of tetrazole rings is 1. The molecule has 1 unspecified atom stereocenters. The van der Waals surface area contributed by atoms with Gasteiger partial charge in [0.05, 0.1) is 26.3 Å². The molecule has 1 atom stereocenters. The molecule has 1 saturated heterocycles. The van der Waals surface area contributed by atoms with Crippen LogP contribution in [0.2, 0.25) is 0 Å². The van der Waals surface area contributed by atoms with Crippen molar-refractivity contribution in [1.82, 2.24) is 30.4 Å². The van der Waals surface area contributed by atoms with E-state index in [1.54, 1.807) is 7.05 Å². The Morgan fingerprint density at radius 1 is 1.62 bits per heavy atom. The van der Waals surface area contributed by atoms with Crippen molar-refractivity contribution in [3.8, 4) is 0 Å². The van der Waals surface area contributed by atoms with Crippen molar-refractivity contribution < 1.29 is 4.74 Å². The molecule has 0 spiro atoms. The number of morpholine rings is 1. The summed E-state index contributed by atoms with van der Waals surface area (Å²) in [7, 11) is 3.80. The molecule has 0 saturated carbocycles. The summed E-state index contributed by atoms with van der Waals surface area (Å²) in [5.41, 5.74) is 0. The Kier molecular flexibility index (Phi) is 3.81. The van der Waals surface area contributed by atoms with Crippen LogP contribution in [0.25, 0.3) is 0 Å². The van der Waals surface area contributed by atoms with Crippen LogP contribution in [0, 0.1) is 0 Å². The SMILES string of the molecule is CN(Cc1nnn(C)n1)CC1CNCCO1. The van der Waals surface area contributed by atoms with E-state index in [4.69, 9.17) is 4.74 Å². The number of hydrogen-bond acceptors (Lipinski definition) is 6. The van der Waals surface area contributed by atoms with E-state index in [2.05, 4.69) is 25.6 Å². The summed E-state index contributed by atoms with van der Waals surface area (Å²) >= 11 is 0. The number of nitrogens with one attached hydrogen (secondary N) is 1. The smallest absolute Gasteiger partial charge is 0.188 e. The fourth-order valence-corrected chi connectivity index (χ4v) is 1.78. The molecule has 0 aromatic carbocycles. The van der Waals surface area contributed by atoms with E-state index in [9.17, 15) is 0 Å². The quantitative estimate of drug-likeness (QED) is 0.683. The molecule has 2 rings (SSSR count). The number of rotatable bonds is 4. The van der Waals surface area contributed by atoms with Gasteiger partial charge in [0.15, 0.2) is 5.82 Å². The largest absolute Gasteiger partial charge is 0.374 e. The Morgan fingerprint density at radius 2 is 2.50 bits per heavy atom. The third-order valence-electron chi connectivity index (χ3n) is 2.48. The number of aryl methyl sites for hydroxylation is 1. The molecule has 1 aliphatic rings. The second-order valence-electron chi connectivity index (χ2n) is 4.09. The number of ether oxygens (including phenoxy) is 1. The highest BCUT2D eigenvalue weighted by Gasteiger charge is 2.16. The lowest BCUT2D eigenvalue weighted by atomic mass is 10.3. The van der Waals surface area contributed by atoms with Gasteiger partial charge in [0, 0.05) is 19.6 Å². The first-order valence-corrected chi connectivity index (χ1v) is 5.48. The normalized spacial score (nSPS) is 21.6. The molecule has 90 valence electrons. The molecule has 1 aromatic rings. The second-order valence-corrected chi connectivity index (χ2v) is 4.09. The van der Waals surface area contributed by atoms with Crippen molar-refractivity contribution in [1.29, 1.82) is 0 Å². The van der Waals surface area contributed by atoms with Gasteiger partial charge in [-0.05, 0) is 12.3 Å². The molecule has 0 bridgehead atoms. The summed E-state index contributed by atoms with van der Waals surface area (Å²) in [5.74, 6) is 0.744. The summed E-state index contributed by atoms with van der Waals surface area (Å²) in [5, 5.41) is 15.2. The van der Waals surface area contributed by atoms with Crippen LogP contribution >= 0.6 is 0 Å². The van der Waals surface area contributed by atoms with E-state index >= 15 is 0 Å². The molecule has 0 radical (unpaired) electrons. The second kappa shape index (κ2) is 5.33. The molecule has 1 aliphatic heterocycles. The maximum atomic E-state index is 5.63. The Labute approximate surface area is 94.8 Å². The lowest BCUT2D eigenvalue weighted by Crippen LogP contribution is -2.44. The highest BCUT2D eigenvalue weighted by molar-refractivity contribution is 4.78. The summed E-state index contributed by atoms with van der Waals surface area (Å²) in [6.07, 6.45) is 0.260. The number of aromatic nitrogens is 4. The van der Waals surface area contributed by atoms with Crippen LogP contribution in [-0.4, -0.2) is 64.5 Å². The van der Waals surface area contributed by atoms with Gasteiger partial charge in [-0.1, -0.05) is 0 Å². The number of hydrogen-bond donors (Lipinski definition) is 1. The fourth-order valence-electron chi connectivity index (χ4n) is 1.78. The minimum absolute atomic E-state index is 0.260. The first-order valence-electron chi connectivity index (χ1n) is 5.48. The monoisotopic (exact) mass is 226 g/mol. The molecule has 0 aliphatic carbocycles. The zero-order valence-corrected chi connectivity index (χ0v) is 9.76. The van der Waals surface area contributed by atoms with Gasteiger partial charge >= 0.3 is 0 Å². The van der Waals surface area contributed by atoms with Crippen LogP contribution in [-0.2, 0) is 18.3 Å². The molecule has 7 nitrogen and oxygen atoms in total. The molecule has 0 amide bonds. The topological polar surface area (TPSA) is 68.1 Å². The molecular formula is C9H18N6O. The van der Waals surface area contributed by atoms with Crippen molar-refractivity contribution in [3.05, 3.63) is 5.82 Å². The van der Waals surface area contributed by atoms with Crippen molar-refractivity contribution in [3.63, 3.8) is 0 Å². The first-order chi connectivity index (χ1) is 7.74.